The van der Waals surface area contributed by atoms with E-state index in [1.54, 1.807) is 0 Å². The van der Waals surface area contributed by atoms with E-state index in [-0.39, 0.29) is 0 Å². The molecule has 116 valence electrons. The van der Waals surface area contributed by atoms with Gasteiger partial charge in [0.2, 0.25) is 13.6 Å². The maximum absolute atomic E-state index is 5.24. The summed E-state index contributed by atoms with van der Waals surface area (Å²) in [5.41, 5.74) is 2.59. The summed E-state index contributed by atoms with van der Waals surface area (Å²) in [6, 6.07) is 6.05. The van der Waals surface area contributed by atoms with E-state index in [2.05, 4.69) is 26.0 Å². The van der Waals surface area contributed by atoms with Gasteiger partial charge in [0.05, 0.1) is 0 Å². The van der Waals surface area contributed by atoms with Crippen molar-refractivity contribution in [2.45, 2.75) is 26.7 Å². The fourth-order valence-electron chi connectivity index (χ4n) is 2.34. The summed E-state index contributed by atoms with van der Waals surface area (Å²) < 4.78 is 20.8. The van der Waals surface area contributed by atoms with Crippen molar-refractivity contribution in [3.8, 4) is 11.5 Å². The van der Waals surface area contributed by atoms with Crippen LogP contribution in [0.5, 0.6) is 11.5 Å². The molecule has 4 heteroatoms. The monoisotopic (exact) mass is 300 g/mol. The van der Waals surface area contributed by atoms with Crippen LogP contribution in [0.2, 0.25) is 0 Å². The summed E-state index contributed by atoms with van der Waals surface area (Å²) in [6.07, 6.45) is 8.11. The fraction of sp³-hybridized carbons (Fsp3) is 0.333. The van der Waals surface area contributed by atoms with E-state index in [9.17, 15) is 0 Å². The van der Waals surface area contributed by atoms with Gasteiger partial charge in [-0.05, 0) is 49.6 Å². The first-order valence-electron chi connectivity index (χ1n) is 7.48. The maximum Gasteiger partial charge on any atom is 0.231 e. The molecule has 2 heterocycles. The highest BCUT2D eigenvalue weighted by molar-refractivity contribution is 5.44. The largest absolute Gasteiger partial charge is 0.454 e. The number of hydrogen-bond acceptors (Lipinski definition) is 4. The molecule has 1 aliphatic carbocycles. The Labute approximate surface area is 130 Å². The Kier molecular flexibility index (Phi) is 4.37. The Hall–Kier alpha value is -2.36. The van der Waals surface area contributed by atoms with Crippen LogP contribution in [-0.2, 0) is 15.9 Å². The van der Waals surface area contributed by atoms with Crippen molar-refractivity contribution in [3.05, 3.63) is 59.1 Å². The van der Waals surface area contributed by atoms with Crippen molar-refractivity contribution < 1.29 is 18.9 Å². The van der Waals surface area contributed by atoms with Gasteiger partial charge in [0.1, 0.15) is 0 Å². The lowest BCUT2D eigenvalue weighted by Crippen LogP contribution is -1.92. The number of aryl methyl sites for hydroxylation is 1. The van der Waals surface area contributed by atoms with Crippen molar-refractivity contribution in [2.24, 2.45) is 0 Å². The number of rotatable bonds is 1. The van der Waals surface area contributed by atoms with E-state index >= 15 is 0 Å². The van der Waals surface area contributed by atoms with Gasteiger partial charge in [0.25, 0.3) is 0 Å². The lowest BCUT2D eigenvalue weighted by atomic mass is 10.1. The van der Waals surface area contributed by atoms with Crippen LogP contribution >= 0.6 is 0 Å². The number of hydrogen-bond donors (Lipinski definition) is 0. The highest BCUT2D eigenvalue weighted by Gasteiger charge is 2.14. The topological polar surface area (TPSA) is 36.9 Å². The third-order valence-electron chi connectivity index (χ3n) is 3.60. The van der Waals surface area contributed by atoms with E-state index in [4.69, 9.17) is 18.9 Å². The molecule has 0 saturated heterocycles. The summed E-state index contributed by atoms with van der Waals surface area (Å²) in [5, 5.41) is 0. The lowest BCUT2D eigenvalue weighted by molar-refractivity contribution is 0.0776. The van der Waals surface area contributed by atoms with Crippen LogP contribution in [0.1, 0.15) is 25.8 Å². The second kappa shape index (κ2) is 6.60. The first-order valence-corrected chi connectivity index (χ1v) is 7.48. The van der Waals surface area contributed by atoms with Crippen LogP contribution in [-0.4, -0.2) is 13.6 Å². The normalized spacial score (nSPS) is 17.6. The third-order valence-corrected chi connectivity index (χ3v) is 3.60. The Balaban J connectivity index is 0.000000131. The van der Waals surface area contributed by atoms with Crippen molar-refractivity contribution >= 4 is 0 Å². The average molecular weight is 300 g/mol. The molecule has 4 nitrogen and oxygen atoms in total. The second-order valence-corrected chi connectivity index (χ2v) is 5.27. The average Bonchev–Trinajstić information content (AvgIpc) is 3.13. The van der Waals surface area contributed by atoms with Crippen LogP contribution < -0.4 is 9.47 Å². The van der Waals surface area contributed by atoms with Crippen molar-refractivity contribution in [2.75, 3.05) is 13.6 Å². The smallest absolute Gasteiger partial charge is 0.231 e. The molecule has 0 bridgehead atoms. The summed E-state index contributed by atoms with van der Waals surface area (Å²) in [6.45, 7) is 4.93. The second-order valence-electron chi connectivity index (χ2n) is 5.27. The fourth-order valence-corrected chi connectivity index (χ4v) is 2.34. The molecule has 0 amide bonds. The van der Waals surface area contributed by atoms with Gasteiger partial charge in [0, 0.05) is 0 Å². The summed E-state index contributed by atoms with van der Waals surface area (Å²) >= 11 is 0. The summed E-state index contributed by atoms with van der Waals surface area (Å²) in [4.78, 5) is 0. The number of fused-ring (bicyclic) bond motifs is 1. The van der Waals surface area contributed by atoms with Crippen molar-refractivity contribution in [3.63, 3.8) is 0 Å². The first kappa shape index (κ1) is 14.6. The van der Waals surface area contributed by atoms with Gasteiger partial charge in [-0.25, -0.2) is 0 Å². The summed E-state index contributed by atoms with van der Waals surface area (Å²) in [7, 11) is 0. The molecule has 0 unspecified atom stereocenters. The molecule has 0 fully saturated rings. The molecule has 0 spiro atoms. The SMILES string of the molecule is CC1=CC2=C(C=CC1)OCO2.CCc1ccc2c(c1)OCO2. The van der Waals surface area contributed by atoms with Crippen molar-refractivity contribution in [1.29, 1.82) is 0 Å². The van der Waals surface area contributed by atoms with Gasteiger partial charge in [-0.15, -0.1) is 0 Å². The van der Waals surface area contributed by atoms with E-state index < -0.39 is 0 Å². The molecule has 3 aliphatic rings. The van der Waals surface area contributed by atoms with Crippen LogP contribution in [0.15, 0.2) is 53.5 Å². The zero-order valence-corrected chi connectivity index (χ0v) is 12.9. The molecule has 0 aromatic heterocycles. The minimum atomic E-state index is 0.360. The zero-order valence-electron chi connectivity index (χ0n) is 12.9. The maximum atomic E-state index is 5.24. The Morgan fingerprint density at radius 3 is 2.59 bits per heavy atom. The van der Waals surface area contributed by atoms with Gasteiger partial charge >= 0.3 is 0 Å². The Morgan fingerprint density at radius 2 is 1.73 bits per heavy atom. The van der Waals surface area contributed by atoms with Crippen LogP contribution in [0.4, 0.5) is 0 Å². The molecule has 0 saturated carbocycles. The number of benzene rings is 1. The van der Waals surface area contributed by atoms with Gasteiger partial charge in [-0.3, -0.25) is 0 Å². The first-order chi connectivity index (χ1) is 10.8. The van der Waals surface area contributed by atoms with Gasteiger partial charge in [-0.1, -0.05) is 24.6 Å². The van der Waals surface area contributed by atoms with E-state index in [1.165, 1.54) is 11.1 Å². The van der Waals surface area contributed by atoms with Crippen LogP contribution in [0.25, 0.3) is 0 Å². The summed E-state index contributed by atoms with van der Waals surface area (Å²) in [5.74, 6) is 3.48. The van der Waals surface area contributed by atoms with Crippen LogP contribution in [0, 0.1) is 0 Å². The molecule has 1 aromatic carbocycles. The van der Waals surface area contributed by atoms with E-state index in [1.807, 2.05) is 24.3 Å². The predicted octanol–water partition coefficient (Wildman–Crippen LogP) is 4.09. The Morgan fingerprint density at radius 1 is 0.955 bits per heavy atom. The molecule has 0 atom stereocenters. The minimum Gasteiger partial charge on any atom is -0.454 e. The standard InChI is InChI=1S/2C9H10O2/c1-7-3-2-4-8-9(5-7)11-6-10-8;1-2-7-3-4-8-9(5-7)11-6-10-8/h2,4-5H,3,6H2,1H3;3-5H,2,6H2,1H3. The van der Waals surface area contributed by atoms with Gasteiger partial charge in [0.15, 0.2) is 23.0 Å². The highest BCUT2D eigenvalue weighted by Crippen LogP contribution is 2.32. The molecule has 22 heavy (non-hydrogen) atoms. The van der Waals surface area contributed by atoms with E-state index in [0.717, 1.165) is 35.9 Å². The van der Waals surface area contributed by atoms with Gasteiger partial charge in [-0.2, -0.15) is 0 Å². The molecule has 1 aromatic rings. The highest BCUT2D eigenvalue weighted by atomic mass is 16.7. The third kappa shape index (κ3) is 3.27. The molecule has 2 aliphatic heterocycles. The Bertz CT molecular complexity index is 640. The zero-order chi connectivity index (χ0) is 15.4. The van der Waals surface area contributed by atoms with Crippen LogP contribution in [0.3, 0.4) is 0 Å². The molecular formula is C18H20O4. The minimum absolute atomic E-state index is 0.360. The lowest BCUT2D eigenvalue weighted by Gasteiger charge is -1.97. The molecule has 4 rings (SSSR count). The van der Waals surface area contributed by atoms with E-state index in [0.29, 0.717) is 13.6 Å². The molecular weight excluding hydrogens is 280 g/mol. The molecule has 0 radical (unpaired) electrons. The molecule has 0 N–H and O–H groups in total. The number of allylic oxidation sites excluding steroid dienone is 4. The quantitative estimate of drug-likeness (QED) is 0.783. The number of ether oxygens (including phenoxy) is 4. The predicted molar refractivity (Wildman–Crippen MR) is 83.5 cm³/mol. The van der Waals surface area contributed by atoms with Crippen molar-refractivity contribution in [1.82, 2.24) is 0 Å². The van der Waals surface area contributed by atoms with Gasteiger partial charge < -0.3 is 18.9 Å².